The van der Waals surface area contributed by atoms with E-state index < -0.39 is 34.1 Å². The Hall–Kier alpha value is -2.28. The number of nitrogens with one attached hydrogen (secondary N) is 1. The van der Waals surface area contributed by atoms with Gasteiger partial charge >= 0.3 is 0 Å². The molecule has 2 aromatic rings. The highest BCUT2D eigenvalue weighted by Gasteiger charge is 2.14. The molecule has 1 amide bonds. The zero-order valence-electron chi connectivity index (χ0n) is 10.8. The molecule has 1 unspecified atom stereocenters. The summed E-state index contributed by atoms with van der Waals surface area (Å²) in [4.78, 5) is 11.6. The molecule has 2 aromatic carbocycles. The topological polar surface area (TPSA) is 72.2 Å². The maximum absolute atomic E-state index is 13.6. The molecule has 0 radical (unpaired) electrons. The van der Waals surface area contributed by atoms with Crippen LogP contribution in [0.3, 0.4) is 0 Å². The first-order valence-corrected chi connectivity index (χ1v) is 7.26. The lowest BCUT2D eigenvalue weighted by Crippen LogP contribution is -2.20. The zero-order valence-corrected chi connectivity index (χ0v) is 11.6. The fourth-order valence-corrected chi connectivity index (χ4v) is 2.62. The largest absolute Gasteiger partial charge is 0.399 e. The number of hydrogen-bond donors (Lipinski definition) is 2. The third kappa shape index (κ3) is 4.09. The molecule has 1 atom stereocenters. The quantitative estimate of drug-likeness (QED) is 0.851. The number of anilines is 2. The van der Waals surface area contributed by atoms with Crippen molar-refractivity contribution in [3.63, 3.8) is 0 Å². The summed E-state index contributed by atoms with van der Waals surface area (Å²) in [7, 11) is -1.85. The Morgan fingerprint density at radius 2 is 1.95 bits per heavy atom. The average molecular weight is 310 g/mol. The molecule has 0 aliphatic carbocycles. The number of benzene rings is 2. The van der Waals surface area contributed by atoms with Gasteiger partial charge in [0.25, 0.3) is 0 Å². The molecule has 0 aliphatic heterocycles. The van der Waals surface area contributed by atoms with Gasteiger partial charge in [-0.2, -0.15) is 0 Å². The van der Waals surface area contributed by atoms with Crippen molar-refractivity contribution < 1.29 is 17.8 Å². The molecule has 0 aromatic heterocycles. The lowest BCUT2D eigenvalue weighted by Gasteiger charge is -2.06. The number of halogens is 2. The molecule has 0 aliphatic rings. The van der Waals surface area contributed by atoms with Gasteiger partial charge in [-0.15, -0.1) is 0 Å². The number of carbonyl (C=O) groups excluding carboxylic acids is 1. The van der Waals surface area contributed by atoms with Crippen molar-refractivity contribution in [2.45, 2.75) is 4.90 Å². The molecule has 110 valence electrons. The highest BCUT2D eigenvalue weighted by Crippen LogP contribution is 2.16. The van der Waals surface area contributed by atoms with Crippen molar-refractivity contribution in [1.29, 1.82) is 0 Å². The Balaban J connectivity index is 2.04. The van der Waals surface area contributed by atoms with Crippen molar-refractivity contribution in [2.75, 3.05) is 16.8 Å². The standard InChI is InChI=1S/C14H12F2N2O2S/c15-9-2-1-3-11(6-9)18-14(19)8-21(20)13-5-4-10(17)7-12(13)16/h1-7H,8,17H2,(H,18,19). The van der Waals surface area contributed by atoms with Crippen LogP contribution in [0.1, 0.15) is 0 Å². The second kappa shape index (κ2) is 6.45. The van der Waals surface area contributed by atoms with Crippen LogP contribution in [0.15, 0.2) is 47.4 Å². The predicted octanol–water partition coefficient (Wildman–Crippen LogP) is 2.29. The fraction of sp³-hybridized carbons (Fsp3) is 0.0714. The summed E-state index contributed by atoms with van der Waals surface area (Å²) in [6.45, 7) is 0. The van der Waals surface area contributed by atoms with E-state index in [2.05, 4.69) is 5.32 Å². The Labute approximate surface area is 122 Å². The second-order valence-corrected chi connectivity index (χ2v) is 5.66. The molecule has 0 spiro atoms. The molecule has 7 heteroatoms. The van der Waals surface area contributed by atoms with Gasteiger partial charge in [-0.05, 0) is 36.4 Å². The van der Waals surface area contributed by atoms with Gasteiger partial charge in [-0.3, -0.25) is 9.00 Å². The van der Waals surface area contributed by atoms with E-state index in [0.29, 0.717) is 0 Å². The maximum atomic E-state index is 13.6. The van der Waals surface area contributed by atoms with Crippen molar-refractivity contribution in [1.82, 2.24) is 0 Å². The minimum absolute atomic E-state index is 0.0985. The average Bonchev–Trinajstić information content (AvgIpc) is 2.38. The van der Waals surface area contributed by atoms with E-state index in [0.717, 1.165) is 12.1 Å². The van der Waals surface area contributed by atoms with Gasteiger partial charge < -0.3 is 11.1 Å². The molecule has 0 saturated carbocycles. The Morgan fingerprint density at radius 1 is 1.19 bits per heavy atom. The van der Waals surface area contributed by atoms with Crippen molar-refractivity contribution in [2.24, 2.45) is 0 Å². The van der Waals surface area contributed by atoms with E-state index in [1.165, 1.54) is 30.3 Å². The van der Waals surface area contributed by atoms with Crippen LogP contribution in [0.5, 0.6) is 0 Å². The van der Waals surface area contributed by atoms with E-state index in [4.69, 9.17) is 5.73 Å². The van der Waals surface area contributed by atoms with Gasteiger partial charge in [0, 0.05) is 11.4 Å². The number of rotatable bonds is 4. The first-order chi connectivity index (χ1) is 9.95. The summed E-state index contributed by atoms with van der Waals surface area (Å²) in [5.74, 6) is -2.27. The molecular weight excluding hydrogens is 298 g/mol. The van der Waals surface area contributed by atoms with Crippen LogP contribution in [0.25, 0.3) is 0 Å². The van der Waals surface area contributed by atoms with E-state index in [-0.39, 0.29) is 16.3 Å². The van der Waals surface area contributed by atoms with Crippen LogP contribution < -0.4 is 11.1 Å². The summed E-state index contributed by atoms with van der Waals surface area (Å²) in [5.41, 5.74) is 5.84. The third-order valence-electron chi connectivity index (χ3n) is 2.57. The Morgan fingerprint density at radius 3 is 2.62 bits per heavy atom. The molecule has 0 fully saturated rings. The molecular formula is C14H12F2N2O2S. The minimum atomic E-state index is -1.85. The van der Waals surface area contributed by atoms with Gasteiger partial charge in [0.1, 0.15) is 17.4 Å². The highest BCUT2D eigenvalue weighted by atomic mass is 32.2. The third-order valence-corrected chi connectivity index (χ3v) is 3.92. The van der Waals surface area contributed by atoms with Gasteiger partial charge in [-0.1, -0.05) is 6.07 Å². The number of amides is 1. The summed E-state index contributed by atoms with van der Waals surface area (Å²) in [6, 6.07) is 9.01. The fourth-order valence-electron chi connectivity index (χ4n) is 1.66. The van der Waals surface area contributed by atoms with Crippen LogP contribution in [-0.2, 0) is 15.6 Å². The van der Waals surface area contributed by atoms with Crippen molar-refractivity contribution in [3.8, 4) is 0 Å². The number of carbonyl (C=O) groups is 1. The van der Waals surface area contributed by atoms with Crippen molar-refractivity contribution >= 4 is 28.1 Å². The maximum Gasteiger partial charge on any atom is 0.237 e. The molecule has 0 saturated heterocycles. The number of nitrogen functional groups attached to an aromatic ring is 1. The zero-order chi connectivity index (χ0) is 15.4. The Kier molecular flexibility index (Phi) is 4.64. The summed E-state index contributed by atoms with van der Waals surface area (Å²) in [6.07, 6.45) is 0. The molecule has 0 bridgehead atoms. The lowest BCUT2D eigenvalue weighted by molar-refractivity contribution is -0.113. The smallest absolute Gasteiger partial charge is 0.237 e. The van der Waals surface area contributed by atoms with Gasteiger partial charge in [0.2, 0.25) is 5.91 Å². The second-order valence-electron chi connectivity index (χ2n) is 4.24. The molecule has 3 N–H and O–H groups in total. The van der Waals surface area contributed by atoms with Crippen LogP contribution in [-0.4, -0.2) is 15.9 Å². The molecule has 4 nitrogen and oxygen atoms in total. The van der Waals surface area contributed by atoms with Gasteiger partial charge in [0.05, 0.1) is 15.7 Å². The minimum Gasteiger partial charge on any atom is -0.399 e. The number of nitrogens with two attached hydrogens (primary N) is 1. The first kappa shape index (κ1) is 15.1. The highest BCUT2D eigenvalue weighted by molar-refractivity contribution is 7.85. The van der Waals surface area contributed by atoms with E-state index in [9.17, 15) is 17.8 Å². The summed E-state index contributed by atoms with van der Waals surface area (Å²) in [5, 5.41) is 2.40. The first-order valence-electron chi connectivity index (χ1n) is 5.94. The Bertz CT molecular complexity index is 707. The van der Waals surface area contributed by atoms with Gasteiger partial charge in [0.15, 0.2) is 0 Å². The lowest BCUT2D eigenvalue weighted by atomic mass is 10.3. The summed E-state index contributed by atoms with van der Waals surface area (Å²) >= 11 is 0. The van der Waals surface area contributed by atoms with E-state index in [1.807, 2.05) is 0 Å². The van der Waals surface area contributed by atoms with Crippen LogP contribution in [0, 0.1) is 11.6 Å². The normalized spacial score (nSPS) is 11.9. The molecule has 2 rings (SSSR count). The van der Waals surface area contributed by atoms with Crippen LogP contribution in [0.4, 0.5) is 20.2 Å². The van der Waals surface area contributed by atoms with Crippen molar-refractivity contribution in [3.05, 3.63) is 54.1 Å². The molecule has 0 heterocycles. The predicted molar refractivity (Wildman–Crippen MR) is 77.1 cm³/mol. The number of hydrogen-bond acceptors (Lipinski definition) is 3. The SMILES string of the molecule is Nc1ccc(S(=O)CC(=O)Nc2cccc(F)c2)c(F)c1. The van der Waals surface area contributed by atoms with Crippen LogP contribution in [0.2, 0.25) is 0 Å². The van der Waals surface area contributed by atoms with E-state index in [1.54, 1.807) is 0 Å². The summed E-state index contributed by atoms with van der Waals surface area (Å²) < 4.78 is 38.5. The molecule has 21 heavy (non-hydrogen) atoms. The van der Waals surface area contributed by atoms with Gasteiger partial charge in [-0.25, -0.2) is 8.78 Å². The van der Waals surface area contributed by atoms with Crippen LogP contribution >= 0.6 is 0 Å². The van der Waals surface area contributed by atoms with E-state index >= 15 is 0 Å². The monoisotopic (exact) mass is 310 g/mol.